The molecule has 1 aromatic carbocycles. The van der Waals surface area contributed by atoms with Gasteiger partial charge in [-0.2, -0.15) is 0 Å². The van der Waals surface area contributed by atoms with Gasteiger partial charge in [0.05, 0.1) is 7.05 Å². The molecule has 1 aliphatic heterocycles. The van der Waals surface area contributed by atoms with E-state index in [0.29, 0.717) is 11.1 Å². The Morgan fingerprint density at radius 3 is 2.07 bits per heavy atom. The highest BCUT2D eigenvalue weighted by molar-refractivity contribution is 5.68. The topological polar surface area (TPSA) is 99.7 Å². The number of likely N-dealkylation sites (N-methyl/N-ethyl adjacent to an activating group) is 1. The molecule has 0 aliphatic carbocycles. The normalized spacial score (nSPS) is 21.4. The van der Waals surface area contributed by atoms with Gasteiger partial charge < -0.3 is 30.0 Å². The Labute approximate surface area is 172 Å². The summed E-state index contributed by atoms with van der Waals surface area (Å²) in [7, 11) is 1.58. The fraction of sp³-hybridized carbons (Fsp3) is 0.524. The number of benzene rings is 1. The van der Waals surface area contributed by atoms with Crippen LogP contribution in [0.2, 0.25) is 0 Å². The molecule has 8 nitrogen and oxygen atoms in total. The molecule has 8 heteroatoms. The van der Waals surface area contributed by atoms with Crippen molar-refractivity contribution in [3.05, 3.63) is 52.2 Å². The largest absolute Gasteiger partial charge is 0.632 e. The number of nitrogens with one attached hydrogen (secondary N) is 2. The van der Waals surface area contributed by atoms with Crippen molar-refractivity contribution in [2.75, 3.05) is 26.8 Å². The lowest BCUT2D eigenvalue weighted by Gasteiger charge is -2.41. The third-order valence-electron chi connectivity index (χ3n) is 4.50. The molecule has 0 radical (unpaired) electrons. The van der Waals surface area contributed by atoms with E-state index in [1.807, 2.05) is 58.0 Å². The molecule has 0 spiro atoms. The fourth-order valence-electron chi connectivity index (χ4n) is 3.42. The number of rotatable bonds is 7. The van der Waals surface area contributed by atoms with Crippen molar-refractivity contribution in [2.45, 2.75) is 45.8 Å². The fourth-order valence-corrected chi connectivity index (χ4v) is 3.42. The first-order valence-electron chi connectivity index (χ1n) is 9.78. The summed E-state index contributed by atoms with van der Waals surface area (Å²) in [4.78, 5) is 23.9. The summed E-state index contributed by atoms with van der Waals surface area (Å²) < 4.78 is 10.1. The summed E-state index contributed by atoms with van der Waals surface area (Å²) in [5.74, 6) is 0. The molecule has 0 saturated carbocycles. The summed E-state index contributed by atoms with van der Waals surface area (Å²) in [5.41, 5.74) is 2.17. The van der Waals surface area contributed by atoms with Gasteiger partial charge in [-0.05, 0) is 27.7 Å². The zero-order valence-corrected chi connectivity index (χ0v) is 17.7. The Hall–Kier alpha value is -2.58. The number of alkyl carbamates (subject to hydrolysis) is 2. The molecule has 1 aromatic rings. The number of carbonyl (C=O) groups excluding carboxylic acids is 2. The number of ether oxygens (including phenoxy) is 2. The van der Waals surface area contributed by atoms with Crippen molar-refractivity contribution in [1.29, 1.82) is 0 Å². The molecular formula is C21H31N3O5. The van der Waals surface area contributed by atoms with E-state index in [1.165, 1.54) is 0 Å². The minimum atomic E-state index is -0.584. The Morgan fingerprint density at radius 2 is 1.55 bits per heavy atom. The number of hydrogen-bond acceptors (Lipinski definition) is 5. The molecule has 0 saturated heterocycles. The second kappa shape index (κ2) is 9.76. The standard InChI is InChI=1S/C21H31N3O5/c1-14(2)22-20(25)28-12-17-11-24(5,27)19(16-9-7-6-8-10-16)18(17)13-29-21(26)23-15(3)4/h6-10,14-15,19H,11-13H2,1-5H3,(H,22,25)(H,23,26). The van der Waals surface area contributed by atoms with E-state index < -0.39 is 22.9 Å². The molecule has 2 unspecified atom stereocenters. The Bertz CT molecular complexity index is 744. The van der Waals surface area contributed by atoms with Crippen LogP contribution in [0.15, 0.2) is 41.5 Å². The van der Waals surface area contributed by atoms with Crippen molar-refractivity contribution in [1.82, 2.24) is 10.6 Å². The molecule has 2 atom stereocenters. The lowest BCUT2D eigenvalue weighted by molar-refractivity contribution is -0.876. The Balaban J connectivity index is 2.25. The average Bonchev–Trinajstić information content (AvgIpc) is 2.87. The van der Waals surface area contributed by atoms with Gasteiger partial charge >= 0.3 is 12.2 Å². The van der Waals surface area contributed by atoms with Crippen molar-refractivity contribution in [2.24, 2.45) is 0 Å². The molecule has 1 aliphatic rings. The predicted molar refractivity (Wildman–Crippen MR) is 110 cm³/mol. The van der Waals surface area contributed by atoms with Crippen LogP contribution in [0.4, 0.5) is 9.59 Å². The van der Waals surface area contributed by atoms with Gasteiger partial charge in [0.1, 0.15) is 25.8 Å². The van der Waals surface area contributed by atoms with Crippen LogP contribution >= 0.6 is 0 Å². The Morgan fingerprint density at radius 1 is 1.03 bits per heavy atom. The van der Waals surface area contributed by atoms with E-state index in [2.05, 4.69) is 10.6 Å². The summed E-state index contributed by atoms with van der Waals surface area (Å²) in [6.07, 6.45) is -1.10. The number of nitrogens with zero attached hydrogens (tertiary/aromatic N) is 1. The second-order valence-corrected chi connectivity index (χ2v) is 8.02. The van der Waals surface area contributed by atoms with Crippen LogP contribution in [-0.2, 0) is 9.47 Å². The first-order valence-corrected chi connectivity index (χ1v) is 9.78. The van der Waals surface area contributed by atoms with E-state index in [-0.39, 0.29) is 31.8 Å². The SMILES string of the molecule is CC(C)NC(=O)OCC1=C(COC(=O)NC(C)C)C(c2ccccc2)[N+](C)([O-])C1. The highest BCUT2D eigenvalue weighted by Gasteiger charge is 2.40. The number of quaternary nitrogens is 1. The molecular weight excluding hydrogens is 374 g/mol. The maximum absolute atomic E-state index is 13.3. The third-order valence-corrected chi connectivity index (χ3v) is 4.50. The minimum absolute atomic E-state index is 0.0253. The molecule has 0 fully saturated rings. The molecule has 0 aromatic heterocycles. The zero-order chi connectivity index (χ0) is 21.6. The molecule has 160 valence electrons. The van der Waals surface area contributed by atoms with E-state index in [1.54, 1.807) is 7.05 Å². The second-order valence-electron chi connectivity index (χ2n) is 8.02. The van der Waals surface area contributed by atoms with Gasteiger partial charge in [-0.3, -0.25) is 0 Å². The smallest absolute Gasteiger partial charge is 0.407 e. The molecule has 2 N–H and O–H groups in total. The lowest BCUT2D eigenvalue weighted by Crippen LogP contribution is -2.39. The van der Waals surface area contributed by atoms with Crippen LogP contribution in [0.5, 0.6) is 0 Å². The van der Waals surface area contributed by atoms with E-state index in [9.17, 15) is 14.8 Å². The van der Waals surface area contributed by atoms with E-state index in [4.69, 9.17) is 9.47 Å². The van der Waals surface area contributed by atoms with E-state index in [0.717, 1.165) is 5.56 Å². The first kappa shape index (κ1) is 22.7. The van der Waals surface area contributed by atoms with Crippen molar-refractivity contribution < 1.29 is 23.7 Å². The van der Waals surface area contributed by atoms with Crippen molar-refractivity contribution in [3.63, 3.8) is 0 Å². The van der Waals surface area contributed by atoms with Gasteiger partial charge in [0.2, 0.25) is 0 Å². The summed E-state index contributed by atoms with van der Waals surface area (Å²) >= 11 is 0. The molecule has 1 heterocycles. The van der Waals surface area contributed by atoms with Crippen LogP contribution in [0.1, 0.15) is 39.3 Å². The maximum atomic E-state index is 13.3. The molecule has 2 amide bonds. The summed E-state index contributed by atoms with van der Waals surface area (Å²) in [6.45, 7) is 7.42. The van der Waals surface area contributed by atoms with Crippen LogP contribution in [-0.4, -0.2) is 55.7 Å². The lowest BCUT2D eigenvalue weighted by atomic mass is 9.98. The van der Waals surface area contributed by atoms with Gasteiger partial charge in [0, 0.05) is 28.8 Å². The highest BCUT2D eigenvalue weighted by atomic mass is 16.6. The van der Waals surface area contributed by atoms with Gasteiger partial charge in [-0.1, -0.05) is 30.3 Å². The zero-order valence-electron chi connectivity index (χ0n) is 17.7. The summed E-state index contributed by atoms with van der Waals surface area (Å²) in [6, 6.07) is 8.71. The quantitative estimate of drug-likeness (QED) is 0.412. The number of carbonyl (C=O) groups is 2. The maximum Gasteiger partial charge on any atom is 0.407 e. The van der Waals surface area contributed by atoms with Crippen molar-refractivity contribution >= 4 is 12.2 Å². The number of hydrogen-bond donors (Lipinski definition) is 2. The first-order chi connectivity index (χ1) is 13.6. The van der Waals surface area contributed by atoms with Crippen LogP contribution in [0, 0.1) is 5.21 Å². The van der Waals surface area contributed by atoms with Crippen LogP contribution in [0.3, 0.4) is 0 Å². The van der Waals surface area contributed by atoms with Crippen LogP contribution in [0.25, 0.3) is 0 Å². The van der Waals surface area contributed by atoms with Crippen molar-refractivity contribution in [3.8, 4) is 0 Å². The van der Waals surface area contributed by atoms with E-state index >= 15 is 0 Å². The van der Waals surface area contributed by atoms with Gasteiger partial charge in [-0.25, -0.2) is 9.59 Å². The number of hydroxylamine groups is 3. The number of amides is 2. The highest BCUT2D eigenvalue weighted by Crippen LogP contribution is 2.41. The molecule has 2 rings (SSSR count). The van der Waals surface area contributed by atoms with Gasteiger partial charge in [-0.15, -0.1) is 0 Å². The monoisotopic (exact) mass is 405 g/mol. The Kier molecular flexibility index (Phi) is 7.64. The van der Waals surface area contributed by atoms with Gasteiger partial charge in [0.15, 0.2) is 0 Å². The minimum Gasteiger partial charge on any atom is -0.632 e. The molecule has 0 bridgehead atoms. The summed E-state index contributed by atoms with van der Waals surface area (Å²) in [5, 5.41) is 18.6. The third kappa shape index (κ3) is 6.47. The van der Waals surface area contributed by atoms with Gasteiger partial charge in [0.25, 0.3) is 0 Å². The predicted octanol–water partition coefficient (Wildman–Crippen LogP) is 3.25. The van der Waals surface area contributed by atoms with Crippen LogP contribution < -0.4 is 10.6 Å². The molecule has 29 heavy (non-hydrogen) atoms. The average molecular weight is 405 g/mol.